The average molecular weight is 249 g/mol. The van der Waals surface area contributed by atoms with Gasteiger partial charge in [-0.25, -0.2) is 0 Å². The van der Waals surface area contributed by atoms with Crippen LogP contribution >= 0.6 is 11.6 Å². The number of hydrogen-bond acceptors (Lipinski definition) is 1. The second-order valence-corrected chi connectivity index (χ2v) is 5.52. The fourth-order valence-electron chi connectivity index (χ4n) is 2.87. The third kappa shape index (κ3) is 1.85. The molecule has 0 amide bonds. The smallest absolute Gasteiger partial charge is 0.0659 e. The normalized spacial score (nSPS) is 19.6. The zero-order chi connectivity index (χ0) is 11.9. The molecule has 1 aliphatic rings. The molecule has 90 valence electrons. The number of nitrogens with one attached hydrogen (secondary N) is 1. The zero-order valence-corrected chi connectivity index (χ0v) is 10.6. The number of nitrogens with two attached hydrogens (primary N) is 1. The molecule has 0 saturated heterocycles. The van der Waals surface area contributed by atoms with Crippen molar-refractivity contribution in [2.45, 2.75) is 37.6 Å². The predicted octanol–water partition coefficient (Wildman–Crippen LogP) is 3.94. The van der Waals surface area contributed by atoms with E-state index in [0.717, 1.165) is 28.8 Å². The Morgan fingerprint density at radius 3 is 2.71 bits per heavy atom. The molecule has 1 aromatic heterocycles. The summed E-state index contributed by atoms with van der Waals surface area (Å²) in [5.41, 5.74) is 8.70. The van der Waals surface area contributed by atoms with Crippen molar-refractivity contribution in [2.24, 2.45) is 5.73 Å². The molecule has 0 radical (unpaired) electrons. The van der Waals surface area contributed by atoms with Crippen molar-refractivity contribution in [3.8, 4) is 0 Å². The molecule has 0 bridgehead atoms. The van der Waals surface area contributed by atoms with Crippen molar-refractivity contribution in [1.29, 1.82) is 0 Å². The van der Waals surface area contributed by atoms with Crippen LogP contribution < -0.4 is 5.73 Å². The summed E-state index contributed by atoms with van der Waals surface area (Å²) in [7, 11) is 0. The van der Waals surface area contributed by atoms with E-state index in [0.29, 0.717) is 0 Å². The van der Waals surface area contributed by atoms with Gasteiger partial charge in [0.25, 0.3) is 0 Å². The minimum Gasteiger partial charge on any atom is -0.360 e. The van der Waals surface area contributed by atoms with Gasteiger partial charge in [0.15, 0.2) is 0 Å². The summed E-state index contributed by atoms with van der Waals surface area (Å²) in [6.45, 7) is 0. The first kappa shape index (κ1) is 11.1. The number of H-pyrrole nitrogens is 1. The van der Waals surface area contributed by atoms with E-state index in [1.54, 1.807) is 0 Å². The molecule has 1 aliphatic carbocycles. The van der Waals surface area contributed by atoms with Crippen LogP contribution in [0.1, 0.15) is 37.7 Å². The van der Waals surface area contributed by atoms with Crippen LogP contribution in [0.2, 0.25) is 5.02 Å². The number of halogens is 1. The third-order valence-electron chi connectivity index (χ3n) is 3.95. The SMILES string of the molecule is NC1(c2ccc3[nH]cc(Cl)c3c2)CCCCC1. The first-order chi connectivity index (χ1) is 8.19. The summed E-state index contributed by atoms with van der Waals surface area (Å²) in [4.78, 5) is 3.16. The molecule has 0 aliphatic heterocycles. The Hall–Kier alpha value is -0.990. The summed E-state index contributed by atoms with van der Waals surface area (Å²) >= 11 is 6.16. The quantitative estimate of drug-likeness (QED) is 0.789. The van der Waals surface area contributed by atoms with Gasteiger partial charge in [0, 0.05) is 22.6 Å². The maximum atomic E-state index is 6.54. The highest BCUT2D eigenvalue weighted by atomic mass is 35.5. The Morgan fingerprint density at radius 2 is 1.94 bits per heavy atom. The maximum absolute atomic E-state index is 6.54. The fraction of sp³-hybridized carbons (Fsp3) is 0.429. The van der Waals surface area contributed by atoms with E-state index in [9.17, 15) is 0 Å². The molecular weight excluding hydrogens is 232 g/mol. The number of aromatic nitrogens is 1. The lowest BCUT2D eigenvalue weighted by Crippen LogP contribution is -2.38. The summed E-state index contributed by atoms with van der Waals surface area (Å²) in [6.07, 6.45) is 7.78. The lowest BCUT2D eigenvalue weighted by molar-refractivity contribution is 0.302. The van der Waals surface area contributed by atoms with Gasteiger partial charge in [-0.2, -0.15) is 0 Å². The van der Waals surface area contributed by atoms with E-state index >= 15 is 0 Å². The molecule has 1 aromatic carbocycles. The molecule has 1 saturated carbocycles. The van der Waals surface area contributed by atoms with Crippen LogP contribution in [-0.2, 0) is 5.54 Å². The van der Waals surface area contributed by atoms with E-state index in [1.165, 1.54) is 24.8 Å². The standard InChI is InChI=1S/C14H17ClN2/c15-12-9-17-13-5-4-10(8-11(12)13)14(16)6-2-1-3-7-14/h4-5,8-9,17H,1-3,6-7,16H2. The highest BCUT2D eigenvalue weighted by molar-refractivity contribution is 6.35. The Bertz CT molecular complexity index is 538. The molecule has 3 heteroatoms. The van der Waals surface area contributed by atoms with E-state index < -0.39 is 0 Å². The molecule has 17 heavy (non-hydrogen) atoms. The lowest BCUT2D eigenvalue weighted by Gasteiger charge is -2.34. The topological polar surface area (TPSA) is 41.8 Å². The van der Waals surface area contributed by atoms with Crippen LogP contribution in [-0.4, -0.2) is 4.98 Å². The molecule has 2 aromatic rings. The molecule has 1 fully saturated rings. The van der Waals surface area contributed by atoms with E-state index in [2.05, 4.69) is 23.2 Å². The largest absolute Gasteiger partial charge is 0.360 e. The molecule has 0 atom stereocenters. The maximum Gasteiger partial charge on any atom is 0.0659 e. The van der Waals surface area contributed by atoms with Crippen molar-refractivity contribution >= 4 is 22.5 Å². The van der Waals surface area contributed by atoms with Crippen LogP contribution in [0.3, 0.4) is 0 Å². The van der Waals surface area contributed by atoms with Crippen molar-refractivity contribution in [3.05, 3.63) is 35.0 Å². The summed E-state index contributed by atoms with van der Waals surface area (Å²) in [5, 5.41) is 1.86. The van der Waals surface area contributed by atoms with Crippen molar-refractivity contribution in [3.63, 3.8) is 0 Å². The Labute approximate surface area is 106 Å². The Morgan fingerprint density at radius 1 is 1.18 bits per heavy atom. The number of aromatic amines is 1. The molecule has 0 spiro atoms. The average Bonchev–Trinajstić information content (AvgIpc) is 2.72. The van der Waals surface area contributed by atoms with Gasteiger partial charge in [-0.1, -0.05) is 36.9 Å². The van der Waals surface area contributed by atoms with Crippen molar-refractivity contribution < 1.29 is 0 Å². The Kier molecular flexibility index (Phi) is 2.64. The highest BCUT2D eigenvalue weighted by Gasteiger charge is 2.29. The van der Waals surface area contributed by atoms with E-state index in [4.69, 9.17) is 17.3 Å². The number of benzene rings is 1. The molecule has 2 nitrogen and oxygen atoms in total. The minimum atomic E-state index is -0.146. The second kappa shape index (κ2) is 4.04. The van der Waals surface area contributed by atoms with Crippen LogP contribution in [0.4, 0.5) is 0 Å². The zero-order valence-electron chi connectivity index (χ0n) is 9.80. The number of hydrogen-bond donors (Lipinski definition) is 2. The first-order valence-corrected chi connectivity index (χ1v) is 6.63. The van der Waals surface area contributed by atoms with Gasteiger partial charge in [0.05, 0.1) is 5.02 Å². The minimum absolute atomic E-state index is 0.146. The second-order valence-electron chi connectivity index (χ2n) is 5.11. The molecule has 1 heterocycles. The van der Waals surface area contributed by atoms with Gasteiger partial charge >= 0.3 is 0 Å². The number of rotatable bonds is 1. The molecule has 3 N–H and O–H groups in total. The number of fused-ring (bicyclic) bond motifs is 1. The molecule has 3 rings (SSSR count). The van der Waals surface area contributed by atoms with Crippen LogP contribution in [0.5, 0.6) is 0 Å². The van der Waals surface area contributed by atoms with Crippen LogP contribution in [0.25, 0.3) is 10.9 Å². The van der Waals surface area contributed by atoms with Gasteiger partial charge in [-0.15, -0.1) is 0 Å². The van der Waals surface area contributed by atoms with Crippen LogP contribution in [0.15, 0.2) is 24.4 Å². The molecular formula is C14H17ClN2. The van der Waals surface area contributed by atoms with E-state index in [1.807, 2.05) is 6.20 Å². The van der Waals surface area contributed by atoms with Gasteiger partial charge in [-0.05, 0) is 30.5 Å². The summed E-state index contributed by atoms with van der Waals surface area (Å²) in [6, 6.07) is 6.37. The summed E-state index contributed by atoms with van der Waals surface area (Å²) < 4.78 is 0. The third-order valence-corrected chi connectivity index (χ3v) is 4.26. The molecule has 0 unspecified atom stereocenters. The Balaban J connectivity index is 2.07. The van der Waals surface area contributed by atoms with Gasteiger partial charge in [0.2, 0.25) is 0 Å². The summed E-state index contributed by atoms with van der Waals surface area (Å²) in [5.74, 6) is 0. The van der Waals surface area contributed by atoms with Crippen LogP contribution in [0, 0.1) is 0 Å². The van der Waals surface area contributed by atoms with Gasteiger partial charge in [-0.3, -0.25) is 0 Å². The van der Waals surface area contributed by atoms with Gasteiger partial charge < -0.3 is 10.7 Å². The van der Waals surface area contributed by atoms with E-state index in [-0.39, 0.29) is 5.54 Å². The van der Waals surface area contributed by atoms with Crippen molar-refractivity contribution in [2.75, 3.05) is 0 Å². The monoisotopic (exact) mass is 248 g/mol. The lowest BCUT2D eigenvalue weighted by atomic mass is 9.77. The highest BCUT2D eigenvalue weighted by Crippen LogP contribution is 2.36. The van der Waals surface area contributed by atoms with Gasteiger partial charge in [0.1, 0.15) is 0 Å². The van der Waals surface area contributed by atoms with Crippen molar-refractivity contribution in [1.82, 2.24) is 4.98 Å². The predicted molar refractivity (Wildman–Crippen MR) is 72.3 cm³/mol. The fourth-order valence-corrected chi connectivity index (χ4v) is 3.08. The first-order valence-electron chi connectivity index (χ1n) is 6.25.